The van der Waals surface area contributed by atoms with Gasteiger partial charge in [-0.15, -0.1) is 0 Å². The number of benzene rings is 1. The summed E-state index contributed by atoms with van der Waals surface area (Å²) in [6.07, 6.45) is 9.65. The fraction of sp³-hybridized carbons (Fsp3) is 0.684. The molecule has 112 valence electrons. The Hall–Kier alpha value is -0.820. The van der Waals surface area contributed by atoms with Crippen LogP contribution in [0.4, 0.5) is 0 Å². The van der Waals surface area contributed by atoms with Crippen LogP contribution >= 0.6 is 0 Å². The highest BCUT2D eigenvalue weighted by molar-refractivity contribution is 5.26. The molecule has 2 rings (SSSR count). The highest BCUT2D eigenvalue weighted by Crippen LogP contribution is 2.33. The summed E-state index contributed by atoms with van der Waals surface area (Å²) in [5.74, 6) is 1.56. The summed E-state index contributed by atoms with van der Waals surface area (Å²) < 4.78 is 0. The first-order valence-corrected chi connectivity index (χ1v) is 8.47. The summed E-state index contributed by atoms with van der Waals surface area (Å²) in [6.45, 7) is 4.58. The topological polar surface area (TPSA) is 12.0 Å². The Bertz CT molecular complexity index is 371. The fourth-order valence-corrected chi connectivity index (χ4v) is 3.65. The molecule has 0 aliphatic heterocycles. The molecule has 0 heterocycles. The van der Waals surface area contributed by atoms with Crippen LogP contribution in [0.3, 0.4) is 0 Å². The van der Waals surface area contributed by atoms with E-state index >= 15 is 0 Å². The summed E-state index contributed by atoms with van der Waals surface area (Å²) in [4.78, 5) is 0. The first kappa shape index (κ1) is 15.6. The van der Waals surface area contributed by atoms with Gasteiger partial charge in [0.2, 0.25) is 0 Å². The third-order valence-corrected chi connectivity index (χ3v) is 4.67. The van der Waals surface area contributed by atoms with E-state index in [1.807, 2.05) is 0 Å². The lowest BCUT2D eigenvalue weighted by molar-refractivity contribution is 0.341. The molecule has 1 N–H and O–H groups in total. The maximum Gasteiger partial charge on any atom is 0.0346 e. The van der Waals surface area contributed by atoms with Crippen molar-refractivity contribution in [1.29, 1.82) is 0 Å². The van der Waals surface area contributed by atoms with E-state index in [-0.39, 0.29) is 0 Å². The van der Waals surface area contributed by atoms with E-state index < -0.39 is 0 Å². The zero-order valence-electron chi connectivity index (χ0n) is 13.5. The number of nitrogens with one attached hydrogen (secondary N) is 1. The predicted octanol–water partition coefficient (Wildman–Crippen LogP) is 5.12. The smallest absolute Gasteiger partial charge is 0.0346 e. The first-order valence-electron chi connectivity index (χ1n) is 8.47. The molecule has 1 aliphatic rings. The number of hydrogen-bond donors (Lipinski definition) is 1. The van der Waals surface area contributed by atoms with Crippen molar-refractivity contribution in [2.24, 2.45) is 11.8 Å². The average Bonchev–Trinajstić information content (AvgIpc) is 2.70. The van der Waals surface area contributed by atoms with Crippen LogP contribution in [-0.4, -0.2) is 7.05 Å². The molecule has 0 bridgehead atoms. The van der Waals surface area contributed by atoms with Crippen LogP contribution in [0.2, 0.25) is 0 Å². The van der Waals surface area contributed by atoms with Crippen LogP contribution in [0.15, 0.2) is 24.3 Å². The van der Waals surface area contributed by atoms with Gasteiger partial charge in [-0.25, -0.2) is 0 Å². The zero-order valence-corrected chi connectivity index (χ0v) is 13.5. The molecule has 1 aliphatic carbocycles. The van der Waals surface area contributed by atoms with Gasteiger partial charge >= 0.3 is 0 Å². The minimum Gasteiger partial charge on any atom is -0.313 e. The van der Waals surface area contributed by atoms with Crippen molar-refractivity contribution < 1.29 is 0 Å². The second-order valence-corrected chi connectivity index (χ2v) is 6.86. The molecule has 1 aromatic carbocycles. The second kappa shape index (κ2) is 7.83. The molecule has 1 nitrogen and oxygen atoms in total. The highest BCUT2D eigenvalue weighted by atomic mass is 14.9. The molecule has 0 amide bonds. The van der Waals surface area contributed by atoms with Crippen molar-refractivity contribution >= 4 is 0 Å². The Morgan fingerprint density at radius 3 is 2.10 bits per heavy atom. The van der Waals surface area contributed by atoms with Crippen molar-refractivity contribution in [3.05, 3.63) is 35.4 Å². The quantitative estimate of drug-likeness (QED) is 0.735. The normalized spacial score (nSPS) is 19.0. The third-order valence-electron chi connectivity index (χ3n) is 4.67. The molecule has 1 aromatic rings. The summed E-state index contributed by atoms with van der Waals surface area (Å²) in [5, 5.41) is 3.58. The van der Waals surface area contributed by atoms with E-state index in [4.69, 9.17) is 0 Å². The van der Waals surface area contributed by atoms with E-state index in [1.54, 1.807) is 0 Å². The molecule has 1 fully saturated rings. The molecule has 1 unspecified atom stereocenters. The Balaban J connectivity index is 2.06. The first-order chi connectivity index (χ1) is 9.70. The summed E-state index contributed by atoms with van der Waals surface area (Å²) in [7, 11) is 2.12. The van der Waals surface area contributed by atoms with Crippen molar-refractivity contribution in [2.45, 2.75) is 64.8 Å². The molecule has 0 aromatic heterocycles. The van der Waals surface area contributed by atoms with E-state index in [1.165, 1.54) is 56.1 Å². The summed E-state index contributed by atoms with van der Waals surface area (Å²) in [5.41, 5.74) is 2.95. The number of rotatable bonds is 5. The van der Waals surface area contributed by atoms with E-state index in [2.05, 4.69) is 50.5 Å². The fourth-order valence-electron chi connectivity index (χ4n) is 3.65. The molecular weight excluding hydrogens is 242 g/mol. The van der Waals surface area contributed by atoms with Gasteiger partial charge in [0, 0.05) is 6.04 Å². The van der Waals surface area contributed by atoms with Crippen LogP contribution in [0, 0.1) is 11.8 Å². The van der Waals surface area contributed by atoms with Gasteiger partial charge in [0.15, 0.2) is 0 Å². The lowest BCUT2D eigenvalue weighted by Gasteiger charge is -2.26. The lowest BCUT2D eigenvalue weighted by atomic mass is 9.86. The SMILES string of the molecule is CNC(c1ccc(CC(C)C)cc1)C1CCCCCC1. The van der Waals surface area contributed by atoms with Gasteiger partial charge in [0.1, 0.15) is 0 Å². The molecule has 1 heteroatoms. The molecule has 1 atom stereocenters. The molecule has 0 saturated heterocycles. The second-order valence-electron chi connectivity index (χ2n) is 6.86. The Morgan fingerprint density at radius 1 is 1.00 bits per heavy atom. The summed E-state index contributed by atoms with van der Waals surface area (Å²) in [6, 6.07) is 9.90. The van der Waals surface area contributed by atoms with Gasteiger partial charge in [-0.1, -0.05) is 63.8 Å². The third kappa shape index (κ3) is 4.34. The Morgan fingerprint density at radius 2 is 1.60 bits per heavy atom. The van der Waals surface area contributed by atoms with Gasteiger partial charge in [-0.3, -0.25) is 0 Å². The van der Waals surface area contributed by atoms with Crippen molar-refractivity contribution in [3.63, 3.8) is 0 Å². The monoisotopic (exact) mass is 273 g/mol. The zero-order chi connectivity index (χ0) is 14.4. The van der Waals surface area contributed by atoms with Crippen LogP contribution in [0.1, 0.15) is 69.5 Å². The maximum atomic E-state index is 3.58. The van der Waals surface area contributed by atoms with Crippen LogP contribution < -0.4 is 5.32 Å². The molecule has 0 spiro atoms. The van der Waals surface area contributed by atoms with Crippen LogP contribution in [0.5, 0.6) is 0 Å². The Labute approximate surface area is 125 Å². The minimum atomic E-state index is 0.543. The van der Waals surface area contributed by atoms with Crippen molar-refractivity contribution in [2.75, 3.05) is 7.05 Å². The molecule has 20 heavy (non-hydrogen) atoms. The van der Waals surface area contributed by atoms with Crippen molar-refractivity contribution in [3.8, 4) is 0 Å². The summed E-state index contributed by atoms with van der Waals surface area (Å²) >= 11 is 0. The van der Waals surface area contributed by atoms with Gasteiger partial charge in [0.25, 0.3) is 0 Å². The van der Waals surface area contributed by atoms with E-state index in [0.717, 1.165) is 11.8 Å². The standard InChI is InChI=1S/C19H31N/c1-15(2)14-16-10-12-18(13-11-16)19(20-3)17-8-6-4-5-7-9-17/h10-13,15,17,19-20H,4-9,14H2,1-3H3. The van der Waals surface area contributed by atoms with Gasteiger partial charge in [-0.05, 0) is 49.3 Å². The number of hydrogen-bond acceptors (Lipinski definition) is 1. The molecule has 0 radical (unpaired) electrons. The van der Waals surface area contributed by atoms with E-state index in [9.17, 15) is 0 Å². The maximum absolute atomic E-state index is 3.58. The van der Waals surface area contributed by atoms with Crippen molar-refractivity contribution in [1.82, 2.24) is 5.32 Å². The average molecular weight is 273 g/mol. The van der Waals surface area contributed by atoms with Gasteiger partial charge in [-0.2, -0.15) is 0 Å². The largest absolute Gasteiger partial charge is 0.313 e. The molecule has 1 saturated carbocycles. The lowest BCUT2D eigenvalue weighted by Crippen LogP contribution is -2.25. The van der Waals surface area contributed by atoms with Gasteiger partial charge < -0.3 is 5.32 Å². The Kier molecular flexibility index (Phi) is 6.09. The minimum absolute atomic E-state index is 0.543. The van der Waals surface area contributed by atoms with Gasteiger partial charge in [0.05, 0.1) is 0 Å². The molecular formula is C19H31N. The van der Waals surface area contributed by atoms with Crippen LogP contribution in [-0.2, 0) is 6.42 Å². The predicted molar refractivity (Wildman–Crippen MR) is 88.0 cm³/mol. The highest BCUT2D eigenvalue weighted by Gasteiger charge is 2.22. The van der Waals surface area contributed by atoms with Crippen LogP contribution in [0.25, 0.3) is 0 Å². The van der Waals surface area contributed by atoms with E-state index in [0.29, 0.717) is 6.04 Å².